The summed E-state index contributed by atoms with van der Waals surface area (Å²) in [4.78, 5) is 12.3. The van der Waals surface area contributed by atoms with Crippen LogP contribution in [0.2, 0.25) is 0 Å². The Morgan fingerprint density at radius 3 is 2.38 bits per heavy atom. The Kier molecular flexibility index (Phi) is 5.20. The molecule has 1 aliphatic carbocycles. The molecular weight excluding hydrogens is 332 g/mol. The Labute approximate surface area is 144 Å². The van der Waals surface area contributed by atoms with Gasteiger partial charge in [0.2, 0.25) is 0 Å². The molecule has 2 saturated heterocycles. The standard InChI is InChI=1S/C16H28N2O5S/c1-11-9-17(10-12(2)23-11)24(20,21)18-14-7-5-4-6-13(14)8-15(18)16(19)22-3/h11-15H,4-10H2,1-3H3. The molecule has 3 rings (SSSR count). The Hall–Kier alpha value is -0.700. The Morgan fingerprint density at radius 2 is 1.75 bits per heavy atom. The monoisotopic (exact) mass is 360 g/mol. The van der Waals surface area contributed by atoms with Crippen molar-refractivity contribution in [1.82, 2.24) is 8.61 Å². The average molecular weight is 360 g/mol. The zero-order chi connectivity index (χ0) is 17.5. The number of nitrogens with zero attached hydrogens (tertiary/aromatic N) is 2. The minimum Gasteiger partial charge on any atom is -0.468 e. The lowest BCUT2D eigenvalue weighted by Gasteiger charge is -2.40. The summed E-state index contributed by atoms with van der Waals surface area (Å²) in [5.41, 5.74) is 0. The van der Waals surface area contributed by atoms with E-state index >= 15 is 0 Å². The topological polar surface area (TPSA) is 76.2 Å². The van der Waals surface area contributed by atoms with Crippen LogP contribution in [0, 0.1) is 5.92 Å². The molecule has 3 aliphatic rings. The summed E-state index contributed by atoms with van der Waals surface area (Å²) in [7, 11) is -2.39. The lowest BCUT2D eigenvalue weighted by molar-refractivity contribution is -0.144. The second kappa shape index (κ2) is 6.90. The van der Waals surface area contributed by atoms with Gasteiger partial charge in [0.1, 0.15) is 6.04 Å². The quantitative estimate of drug-likeness (QED) is 0.706. The number of rotatable bonds is 3. The molecule has 2 heterocycles. The second-order valence-corrected chi connectivity index (χ2v) is 9.13. The fourth-order valence-corrected chi connectivity index (χ4v) is 6.72. The van der Waals surface area contributed by atoms with Crippen LogP contribution in [0.3, 0.4) is 0 Å². The van der Waals surface area contributed by atoms with Gasteiger partial charge in [0.05, 0.1) is 19.3 Å². The molecule has 0 aromatic heterocycles. The second-order valence-electron chi connectivity index (χ2n) is 7.30. The van der Waals surface area contributed by atoms with E-state index in [2.05, 4.69) is 0 Å². The Bertz CT molecular complexity index is 571. The van der Waals surface area contributed by atoms with Gasteiger partial charge >= 0.3 is 5.97 Å². The lowest BCUT2D eigenvalue weighted by atomic mass is 9.85. The van der Waals surface area contributed by atoms with Crippen molar-refractivity contribution in [3.05, 3.63) is 0 Å². The van der Waals surface area contributed by atoms with Gasteiger partial charge in [-0.15, -0.1) is 0 Å². The van der Waals surface area contributed by atoms with Gasteiger partial charge in [-0.25, -0.2) is 0 Å². The van der Waals surface area contributed by atoms with Crippen molar-refractivity contribution in [3.63, 3.8) is 0 Å². The first kappa shape index (κ1) is 18.1. The molecule has 0 aromatic rings. The van der Waals surface area contributed by atoms with Crippen molar-refractivity contribution in [1.29, 1.82) is 0 Å². The third kappa shape index (κ3) is 3.21. The van der Waals surface area contributed by atoms with Crippen LogP contribution in [-0.4, -0.2) is 67.5 Å². The van der Waals surface area contributed by atoms with E-state index in [0.717, 1.165) is 25.7 Å². The van der Waals surface area contributed by atoms with Crippen molar-refractivity contribution < 1.29 is 22.7 Å². The van der Waals surface area contributed by atoms with Crippen LogP contribution in [0.1, 0.15) is 46.0 Å². The van der Waals surface area contributed by atoms with Gasteiger partial charge in [0.15, 0.2) is 0 Å². The van der Waals surface area contributed by atoms with Crippen LogP contribution in [0.15, 0.2) is 0 Å². The molecule has 0 bridgehead atoms. The molecule has 24 heavy (non-hydrogen) atoms. The maximum Gasteiger partial charge on any atom is 0.324 e. The van der Waals surface area contributed by atoms with E-state index in [4.69, 9.17) is 9.47 Å². The number of morpholine rings is 1. The average Bonchev–Trinajstić information content (AvgIpc) is 2.93. The van der Waals surface area contributed by atoms with E-state index in [9.17, 15) is 13.2 Å². The predicted octanol–water partition coefficient (Wildman–Crippen LogP) is 1.15. The molecule has 0 spiro atoms. The van der Waals surface area contributed by atoms with Crippen LogP contribution in [0.5, 0.6) is 0 Å². The molecule has 0 amide bonds. The third-order valence-electron chi connectivity index (χ3n) is 5.48. The largest absolute Gasteiger partial charge is 0.468 e. The number of methoxy groups -OCH3 is 1. The first-order chi connectivity index (χ1) is 11.3. The highest BCUT2D eigenvalue weighted by molar-refractivity contribution is 7.86. The van der Waals surface area contributed by atoms with Crippen LogP contribution in [0.4, 0.5) is 0 Å². The molecule has 0 radical (unpaired) electrons. The van der Waals surface area contributed by atoms with E-state index in [-0.39, 0.29) is 24.2 Å². The highest BCUT2D eigenvalue weighted by atomic mass is 32.2. The summed E-state index contributed by atoms with van der Waals surface area (Å²) < 4.78 is 40.2. The number of ether oxygens (including phenoxy) is 2. The molecule has 5 unspecified atom stereocenters. The first-order valence-electron chi connectivity index (χ1n) is 8.86. The number of carbonyl (C=O) groups excluding carboxylic acids is 1. The summed E-state index contributed by atoms with van der Waals surface area (Å²) in [6.45, 7) is 4.41. The fourth-order valence-electron chi connectivity index (χ4n) is 4.54. The summed E-state index contributed by atoms with van der Waals surface area (Å²) >= 11 is 0. The molecule has 0 aromatic carbocycles. The van der Waals surface area contributed by atoms with Gasteiger partial charge in [-0.1, -0.05) is 12.8 Å². The molecule has 3 fully saturated rings. The normalized spacial score (nSPS) is 38.7. The summed E-state index contributed by atoms with van der Waals surface area (Å²) in [5, 5.41) is 0. The van der Waals surface area contributed by atoms with Crippen molar-refractivity contribution in [2.24, 2.45) is 5.92 Å². The molecule has 1 saturated carbocycles. The molecule has 138 valence electrons. The smallest absolute Gasteiger partial charge is 0.324 e. The van der Waals surface area contributed by atoms with Crippen molar-refractivity contribution in [2.75, 3.05) is 20.2 Å². The first-order valence-corrected chi connectivity index (χ1v) is 10.3. The van der Waals surface area contributed by atoms with Gasteiger partial charge in [0.25, 0.3) is 10.2 Å². The van der Waals surface area contributed by atoms with Crippen molar-refractivity contribution in [3.8, 4) is 0 Å². The fraction of sp³-hybridized carbons (Fsp3) is 0.938. The third-order valence-corrected chi connectivity index (χ3v) is 7.49. The summed E-state index contributed by atoms with van der Waals surface area (Å²) in [6, 6.07) is -0.775. The van der Waals surface area contributed by atoms with Crippen molar-refractivity contribution in [2.45, 2.75) is 70.2 Å². The molecule has 7 nitrogen and oxygen atoms in total. The van der Waals surface area contributed by atoms with Crippen LogP contribution in [-0.2, 0) is 24.5 Å². The van der Waals surface area contributed by atoms with E-state index < -0.39 is 22.2 Å². The number of esters is 1. The molecule has 5 atom stereocenters. The van der Waals surface area contributed by atoms with Gasteiger partial charge in [-0.05, 0) is 39.0 Å². The van der Waals surface area contributed by atoms with Gasteiger partial charge in [0, 0.05) is 19.1 Å². The minimum atomic E-state index is -3.72. The van der Waals surface area contributed by atoms with Crippen LogP contribution >= 0.6 is 0 Å². The van der Waals surface area contributed by atoms with Crippen molar-refractivity contribution >= 4 is 16.2 Å². The molecular formula is C16H28N2O5S. The van der Waals surface area contributed by atoms with Crippen LogP contribution in [0.25, 0.3) is 0 Å². The molecule has 0 N–H and O–H groups in total. The zero-order valence-corrected chi connectivity index (χ0v) is 15.5. The Balaban J connectivity index is 1.91. The number of carbonyl (C=O) groups is 1. The maximum absolute atomic E-state index is 13.4. The highest BCUT2D eigenvalue weighted by Crippen LogP contribution is 2.42. The molecule has 2 aliphatic heterocycles. The van der Waals surface area contributed by atoms with E-state index in [1.54, 1.807) is 0 Å². The molecule has 8 heteroatoms. The minimum absolute atomic E-state index is 0.0821. The number of hydrogen-bond donors (Lipinski definition) is 0. The summed E-state index contributed by atoms with van der Waals surface area (Å²) in [6.07, 6.45) is 4.21. The van der Waals surface area contributed by atoms with E-state index in [1.165, 1.54) is 15.7 Å². The maximum atomic E-state index is 13.4. The SMILES string of the molecule is COC(=O)C1CC2CCCCC2N1S(=O)(=O)N1CC(C)OC(C)C1. The number of hydrogen-bond acceptors (Lipinski definition) is 5. The van der Waals surface area contributed by atoms with E-state index in [1.807, 2.05) is 13.8 Å². The predicted molar refractivity (Wildman–Crippen MR) is 88.5 cm³/mol. The van der Waals surface area contributed by atoms with Gasteiger partial charge < -0.3 is 9.47 Å². The van der Waals surface area contributed by atoms with E-state index in [0.29, 0.717) is 19.5 Å². The van der Waals surface area contributed by atoms with Gasteiger partial charge in [-0.2, -0.15) is 17.0 Å². The summed E-state index contributed by atoms with van der Waals surface area (Å²) in [5.74, 6) is -0.184. The number of fused-ring (bicyclic) bond motifs is 1. The van der Waals surface area contributed by atoms with Crippen LogP contribution < -0.4 is 0 Å². The van der Waals surface area contributed by atoms with Gasteiger partial charge in [-0.3, -0.25) is 4.79 Å². The zero-order valence-electron chi connectivity index (χ0n) is 14.7. The highest BCUT2D eigenvalue weighted by Gasteiger charge is 2.53. The lowest BCUT2D eigenvalue weighted by Crippen LogP contribution is -2.57. The Morgan fingerprint density at radius 1 is 1.12 bits per heavy atom.